The van der Waals surface area contributed by atoms with Crippen molar-refractivity contribution in [2.75, 3.05) is 0 Å². The van der Waals surface area contributed by atoms with E-state index in [-0.39, 0.29) is 22.3 Å². The van der Waals surface area contributed by atoms with E-state index in [4.69, 9.17) is 0 Å². The zero-order chi connectivity index (χ0) is 20.7. The lowest BCUT2D eigenvalue weighted by Crippen LogP contribution is -2.13. The topological polar surface area (TPSA) is 22.0 Å². The maximum Gasteiger partial charge on any atom is 0.416 e. The van der Waals surface area contributed by atoms with Gasteiger partial charge in [-0.3, -0.25) is 4.79 Å². The van der Waals surface area contributed by atoms with E-state index >= 15 is 0 Å². The molecule has 1 heterocycles. The second-order valence-corrected chi connectivity index (χ2v) is 6.23. The smallest absolute Gasteiger partial charge is 0.356 e. The van der Waals surface area contributed by atoms with Crippen LogP contribution < -0.4 is 5.43 Å². The van der Waals surface area contributed by atoms with Gasteiger partial charge in [0.2, 0.25) is 0 Å². The average Bonchev–Trinajstić information content (AvgIpc) is 2.62. The molecule has 0 N–H and O–H groups in total. The van der Waals surface area contributed by atoms with Gasteiger partial charge in [-0.15, -0.1) is 0 Å². The first-order valence-electron chi connectivity index (χ1n) is 8.02. The molecule has 0 radical (unpaired) electrons. The van der Waals surface area contributed by atoms with Crippen LogP contribution in [0.2, 0.25) is 0 Å². The fourth-order valence-electron chi connectivity index (χ4n) is 2.82. The van der Waals surface area contributed by atoms with E-state index in [0.29, 0.717) is 0 Å². The zero-order valence-electron chi connectivity index (χ0n) is 14.4. The lowest BCUT2D eigenvalue weighted by molar-refractivity contribution is -0.138. The predicted molar refractivity (Wildman–Crippen MR) is 92.6 cm³/mol. The number of halogens is 6. The number of aryl methyl sites for hydroxylation is 1. The van der Waals surface area contributed by atoms with Crippen LogP contribution in [0.1, 0.15) is 11.1 Å². The summed E-state index contributed by atoms with van der Waals surface area (Å²) >= 11 is 0. The summed E-state index contributed by atoms with van der Waals surface area (Å²) in [6.45, 7) is 0. The maximum atomic E-state index is 13.0. The largest absolute Gasteiger partial charge is 0.416 e. The molecule has 146 valence electrons. The minimum absolute atomic E-state index is 0.0194. The van der Waals surface area contributed by atoms with Crippen molar-refractivity contribution in [3.8, 4) is 22.3 Å². The molecule has 8 heteroatoms. The Morgan fingerprint density at radius 2 is 1.25 bits per heavy atom. The van der Waals surface area contributed by atoms with Gasteiger partial charge in [-0.1, -0.05) is 24.3 Å². The van der Waals surface area contributed by atoms with Crippen molar-refractivity contribution < 1.29 is 26.3 Å². The maximum absolute atomic E-state index is 13.0. The van der Waals surface area contributed by atoms with Gasteiger partial charge in [-0.2, -0.15) is 26.3 Å². The van der Waals surface area contributed by atoms with Crippen LogP contribution in [0.3, 0.4) is 0 Å². The van der Waals surface area contributed by atoms with Crippen LogP contribution in [-0.4, -0.2) is 4.57 Å². The van der Waals surface area contributed by atoms with E-state index in [1.165, 1.54) is 29.1 Å². The first-order valence-corrected chi connectivity index (χ1v) is 8.02. The van der Waals surface area contributed by atoms with E-state index in [2.05, 4.69) is 0 Å². The summed E-state index contributed by atoms with van der Waals surface area (Å²) in [4.78, 5) is 12.8. The fraction of sp³-hybridized carbons (Fsp3) is 0.150. The van der Waals surface area contributed by atoms with Crippen LogP contribution in [0.15, 0.2) is 65.7 Å². The summed E-state index contributed by atoms with van der Waals surface area (Å²) in [7, 11) is 1.57. The molecule has 0 aliphatic heterocycles. The van der Waals surface area contributed by atoms with Crippen molar-refractivity contribution in [2.45, 2.75) is 12.4 Å². The molecular weight excluding hydrogens is 384 g/mol. The lowest BCUT2D eigenvalue weighted by atomic mass is 9.99. The number of pyridine rings is 1. The van der Waals surface area contributed by atoms with Crippen LogP contribution in [-0.2, 0) is 19.4 Å². The van der Waals surface area contributed by atoms with Crippen LogP contribution in [0.5, 0.6) is 0 Å². The number of rotatable bonds is 2. The van der Waals surface area contributed by atoms with E-state index in [0.717, 1.165) is 36.4 Å². The normalized spacial score (nSPS) is 12.2. The molecular formula is C20H13F6NO. The third-order valence-electron chi connectivity index (χ3n) is 4.18. The summed E-state index contributed by atoms with van der Waals surface area (Å²) < 4.78 is 78.6. The highest BCUT2D eigenvalue weighted by Crippen LogP contribution is 2.33. The highest BCUT2D eigenvalue weighted by molar-refractivity contribution is 5.72. The van der Waals surface area contributed by atoms with Crippen molar-refractivity contribution in [2.24, 2.45) is 7.05 Å². The van der Waals surface area contributed by atoms with Gasteiger partial charge in [0.15, 0.2) is 5.43 Å². The molecule has 0 aliphatic carbocycles. The first-order chi connectivity index (χ1) is 13.0. The minimum atomic E-state index is -4.56. The molecule has 2 nitrogen and oxygen atoms in total. The molecule has 3 aromatic rings. The Labute approximate surface area is 155 Å². The van der Waals surface area contributed by atoms with Crippen molar-refractivity contribution >= 4 is 0 Å². The predicted octanol–water partition coefficient (Wildman–Crippen LogP) is 5.76. The molecule has 0 atom stereocenters. The molecule has 0 saturated heterocycles. The Balaban J connectivity index is 2.13. The summed E-state index contributed by atoms with van der Waals surface area (Å²) in [5, 5.41) is 0. The molecule has 2 aromatic carbocycles. The molecule has 0 bridgehead atoms. The van der Waals surface area contributed by atoms with E-state index in [9.17, 15) is 31.1 Å². The second-order valence-electron chi connectivity index (χ2n) is 6.23. The molecule has 0 unspecified atom stereocenters. The number of hydrogen-bond donors (Lipinski definition) is 0. The van der Waals surface area contributed by atoms with E-state index in [1.807, 2.05) is 0 Å². The Morgan fingerprint density at radius 1 is 0.714 bits per heavy atom. The summed E-state index contributed by atoms with van der Waals surface area (Å²) in [5.41, 5.74) is -1.91. The quantitative estimate of drug-likeness (QED) is 0.504. The van der Waals surface area contributed by atoms with E-state index < -0.39 is 28.9 Å². The van der Waals surface area contributed by atoms with Crippen LogP contribution in [0, 0.1) is 0 Å². The van der Waals surface area contributed by atoms with Gasteiger partial charge in [0.05, 0.1) is 11.1 Å². The van der Waals surface area contributed by atoms with Gasteiger partial charge < -0.3 is 4.57 Å². The van der Waals surface area contributed by atoms with Gasteiger partial charge in [-0.05, 0) is 35.4 Å². The number of aromatic nitrogens is 1. The SMILES string of the molecule is Cn1cc(-c2ccc(C(F)(F)F)cc2)c(=O)c(-c2cccc(C(F)(F)F)c2)c1. The van der Waals surface area contributed by atoms with E-state index in [1.54, 1.807) is 7.05 Å². The lowest BCUT2D eigenvalue weighted by Gasteiger charge is -2.12. The summed E-state index contributed by atoms with van der Waals surface area (Å²) in [6.07, 6.45) is -6.27. The molecule has 0 aliphatic rings. The fourth-order valence-corrected chi connectivity index (χ4v) is 2.82. The molecule has 0 spiro atoms. The van der Waals surface area contributed by atoms with Crippen molar-refractivity contribution in [1.29, 1.82) is 0 Å². The Bertz CT molecular complexity index is 1060. The van der Waals surface area contributed by atoms with Crippen molar-refractivity contribution in [1.82, 2.24) is 4.57 Å². The number of alkyl halides is 6. The Hall–Kier alpha value is -3.03. The Morgan fingerprint density at radius 3 is 1.79 bits per heavy atom. The van der Waals surface area contributed by atoms with Crippen molar-refractivity contribution in [3.63, 3.8) is 0 Å². The summed E-state index contributed by atoms with van der Waals surface area (Å²) in [6, 6.07) is 8.37. The van der Waals surface area contributed by atoms with Crippen LogP contribution in [0.25, 0.3) is 22.3 Å². The van der Waals surface area contributed by atoms with Gasteiger partial charge in [0, 0.05) is 30.6 Å². The summed E-state index contributed by atoms with van der Waals surface area (Å²) in [5.74, 6) is 0. The molecule has 28 heavy (non-hydrogen) atoms. The highest BCUT2D eigenvalue weighted by Gasteiger charge is 2.31. The Kier molecular flexibility index (Phi) is 4.82. The highest BCUT2D eigenvalue weighted by atomic mass is 19.4. The number of nitrogens with zero attached hydrogens (tertiary/aromatic N) is 1. The van der Waals surface area contributed by atoms with Gasteiger partial charge in [0.25, 0.3) is 0 Å². The third kappa shape index (κ3) is 3.95. The van der Waals surface area contributed by atoms with Gasteiger partial charge >= 0.3 is 12.4 Å². The number of hydrogen-bond acceptors (Lipinski definition) is 1. The molecule has 0 fully saturated rings. The molecule has 0 saturated carbocycles. The second kappa shape index (κ2) is 6.85. The van der Waals surface area contributed by atoms with Crippen molar-refractivity contribution in [3.05, 3.63) is 82.3 Å². The average molecular weight is 397 g/mol. The first kappa shape index (κ1) is 19.7. The van der Waals surface area contributed by atoms with Gasteiger partial charge in [-0.25, -0.2) is 0 Å². The van der Waals surface area contributed by atoms with Crippen LogP contribution in [0.4, 0.5) is 26.3 Å². The number of benzene rings is 2. The van der Waals surface area contributed by atoms with Crippen LogP contribution >= 0.6 is 0 Å². The molecule has 0 amide bonds. The zero-order valence-corrected chi connectivity index (χ0v) is 14.4. The molecule has 3 rings (SSSR count). The monoisotopic (exact) mass is 397 g/mol. The molecule has 1 aromatic heterocycles. The minimum Gasteiger partial charge on any atom is -0.356 e. The third-order valence-corrected chi connectivity index (χ3v) is 4.18. The van der Waals surface area contributed by atoms with Gasteiger partial charge in [0.1, 0.15) is 0 Å². The standard InChI is InChI=1S/C20H13F6NO/c1-27-10-16(12-5-7-14(8-6-12)19(21,22)23)18(28)17(11-27)13-3-2-4-15(9-13)20(24,25)26/h2-11H,1H3.